The van der Waals surface area contributed by atoms with Crippen LogP contribution in [0.2, 0.25) is 0 Å². The molecule has 1 heterocycles. The minimum atomic E-state index is -0.279. The van der Waals surface area contributed by atoms with E-state index in [1.807, 2.05) is 55.5 Å². The predicted octanol–water partition coefficient (Wildman–Crippen LogP) is 4.51. The molecule has 0 aromatic heterocycles. The van der Waals surface area contributed by atoms with Gasteiger partial charge in [-0.3, -0.25) is 0 Å². The van der Waals surface area contributed by atoms with E-state index in [2.05, 4.69) is 6.07 Å². The van der Waals surface area contributed by atoms with Crippen molar-refractivity contribution in [3.05, 3.63) is 72.3 Å². The highest BCUT2D eigenvalue weighted by atomic mass is 16.7. The quantitative estimate of drug-likeness (QED) is 0.282. The molecule has 1 aliphatic heterocycles. The van der Waals surface area contributed by atoms with Gasteiger partial charge in [-0.2, -0.15) is 0 Å². The second kappa shape index (κ2) is 8.71. The fourth-order valence-electron chi connectivity index (χ4n) is 3.81. The molecule has 31 heavy (non-hydrogen) atoms. The number of ether oxygens (including phenoxy) is 2. The molecule has 6 heteroatoms. The highest BCUT2D eigenvalue weighted by Gasteiger charge is 2.23. The largest absolute Gasteiger partial charge is 0.506 e. The van der Waals surface area contributed by atoms with E-state index >= 15 is 0 Å². The first-order chi connectivity index (χ1) is 15.0. The molecule has 4 rings (SSSR count). The molecule has 160 valence electrons. The Labute approximate surface area is 181 Å². The van der Waals surface area contributed by atoms with Gasteiger partial charge in [-0.05, 0) is 53.5 Å². The highest BCUT2D eigenvalue weighted by molar-refractivity contribution is 5.88. The standard InChI is InChI=1S/C25H27N3O3/c1-2-3-23-30-13-18(14-31-23)19-9-8-17(12-21(19)26)15-4-6-16(7-5-15)20-10-11-22(29)25(28)24(20)27/h2-12,18,23,29H,13-14,26-28H2,1H3/b3-2+. The van der Waals surface area contributed by atoms with Crippen LogP contribution in [0.4, 0.5) is 17.1 Å². The number of benzene rings is 3. The van der Waals surface area contributed by atoms with Crippen molar-refractivity contribution < 1.29 is 14.6 Å². The monoisotopic (exact) mass is 417 g/mol. The Balaban J connectivity index is 1.53. The summed E-state index contributed by atoms with van der Waals surface area (Å²) in [6, 6.07) is 17.4. The summed E-state index contributed by atoms with van der Waals surface area (Å²) in [6.45, 7) is 3.09. The number of hydrogen-bond donors (Lipinski definition) is 4. The van der Waals surface area contributed by atoms with E-state index in [-0.39, 0.29) is 23.6 Å². The molecule has 0 saturated carbocycles. The molecule has 3 aromatic carbocycles. The van der Waals surface area contributed by atoms with Crippen molar-refractivity contribution in [3.63, 3.8) is 0 Å². The lowest BCUT2D eigenvalue weighted by molar-refractivity contribution is -0.159. The fraction of sp³-hybridized carbons (Fsp3) is 0.200. The van der Waals surface area contributed by atoms with Crippen LogP contribution in [-0.2, 0) is 9.47 Å². The van der Waals surface area contributed by atoms with Crippen LogP contribution < -0.4 is 17.2 Å². The van der Waals surface area contributed by atoms with Crippen molar-refractivity contribution in [2.75, 3.05) is 30.4 Å². The molecule has 0 aliphatic carbocycles. The number of anilines is 3. The Morgan fingerprint density at radius 2 is 1.48 bits per heavy atom. The SMILES string of the molecule is C/C=C/C1OCC(c2ccc(-c3ccc(-c4ccc(O)c(N)c4N)cc3)cc2N)CO1. The summed E-state index contributed by atoms with van der Waals surface area (Å²) in [5.74, 6) is 0.0976. The van der Waals surface area contributed by atoms with Crippen molar-refractivity contribution in [1.82, 2.24) is 0 Å². The molecule has 0 bridgehead atoms. The third kappa shape index (κ3) is 4.21. The zero-order valence-electron chi connectivity index (χ0n) is 17.4. The van der Waals surface area contributed by atoms with Crippen LogP contribution in [0.5, 0.6) is 5.75 Å². The van der Waals surface area contributed by atoms with Gasteiger partial charge in [0, 0.05) is 17.2 Å². The van der Waals surface area contributed by atoms with Crippen molar-refractivity contribution in [1.29, 1.82) is 0 Å². The molecule has 3 aromatic rings. The predicted molar refractivity (Wildman–Crippen MR) is 125 cm³/mol. The van der Waals surface area contributed by atoms with E-state index in [0.717, 1.165) is 33.5 Å². The first-order valence-electron chi connectivity index (χ1n) is 10.2. The van der Waals surface area contributed by atoms with E-state index < -0.39 is 0 Å². The third-order valence-electron chi connectivity index (χ3n) is 5.59. The number of aromatic hydroxyl groups is 1. The minimum Gasteiger partial charge on any atom is -0.506 e. The molecule has 6 nitrogen and oxygen atoms in total. The Hall–Kier alpha value is -3.48. The molecule has 0 amide bonds. The summed E-state index contributed by atoms with van der Waals surface area (Å²) in [5.41, 5.74) is 24.4. The van der Waals surface area contributed by atoms with Gasteiger partial charge in [-0.15, -0.1) is 0 Å². The van der Waals surface area contributed by atoms with Crippen molar-refractivity contribution in [3.8, 4) is 28.0 Å². The molecule has 0 unspecified atom stereocenters. The summed E-state index contributed by atoms with van der Waals surface area (Å²) in [6.07, 6.45) is 3.54. The molecule has 0 radical (unpaired) electrons. The van der Waals surface area contributed by atoms with E-state index in [1.165, 1.54) is 0 Å². The molecule has 0 spiro atoms. The molecular formula is C25H27N3O3. The summed E-state index contributed by atoms with van der Waals surface area (Å²) in [7, 11) is 0. The van der Waals surface area contributed by atoms with Gasteiger partial charge in [0.1, 0.15) is 5.75 Å². The topological polar surface area (TPSA) is 117 Å². The number of nitrogens with two attached hydrogens (primary N) is 3. The maximum atomic E-state index is 9.71. The first kappa shape index (κ1) is 20.8. The number of phenolic OH excluding ortho intramolecular Hbond substituents is 1. The first-order valence-corrected chi connectivity index (χ1v) is 10.2. The van der Waals surface area contributed by atoms with Gasteiger partial charge in [-0.25, -0.2) is 0 Å². The highest BCUT2D eigenvalue weighted by Crippen LogP contribution is 2.37. The van der Waals surface area contributed by atoms with E-state index in [1.54, 1.807) is 12.1 Å². The van der Waals surface area contributed by atoms with Gasteiger partial charge in [0.2, 0.25) is 0 Å². The van der Waals surface area contributed by atoms with Crippen molar-refractivity contribution in [2.45, 2.75) is 19.1 Å². The zero-order valence-corrected chi connectivity index (χ0v) is 17.4. The molecule has 7 N–H and O–H groups in total. The lowest BCUT2D eigenvalue weighted by atomic mass is 9.94. The Bertz CT molecular complexity index is 1100. The summed E-state index contributed by atoms with van der Waals surface area (Å²) in [5, 5.41) is 9.71. The normalized spacial score (nSPS) is 19.0. The Morgan fingerprint density at radius 1 is 0.839 bits per heavy atom. The molecule has 1 aliphatic rings. The van der Waals surface area contributed by atoms with Crippen LogP contribution in [0.15, 0.2) is 66.7 Å². The van der Waals surface area contributed by atoms with Gasteiger partial charge >= 0.3 is 0 Å². The summed E-state index contributed by atoms with van der Waals surface area (Å²) in [4.78, 5) is 0. The average molecular weight is 418 g/mol. The van der Waals surface area contributed by atoms with E-state index in [9.17, 15) is 5.11 Å². The van der Waals surface area contributed by atoms with Crippen LogP contribution in [0.3, 0.4) is 0 Å². The zero-order chi connectivity index (χ0) is 22.0. The molecular weight excluding hydrogens is 390 g/mol. The number of rotatable bonds is 4. The summed E-state index contributed by atoms with van der Waals surface area (Å²) >= 11 is 0. The maximum absolute atomic E-state index is 9.71. The number of phenols is 1. The number of hydrogen-bond acceptors (Lipinski definition) is 6. The van der Waals surface area contributed by atoms with Crippen molar-refractivity contribution >= 4 is 17.1 Å². The molecule has 0 atom stereocenters. The number of allylic oxidation sites excluding steroid dienone is 1. The van der Waals surface area contributed by atoms with Crippen molar-refractivity contribution in [2.24, 2.45) is 0 Å². The van der Waals surface area contributed by atoms with E-state index in [0.29, 0.717) is 18.9 Å². The smallest absolute Gasteiger partial charge is 0.176 e. The molecule has 1 saturated heterocycles. The van der Waals surface area contributed by atoms with Crippen LogP contribution in [0.1, 0.15) is 18.4 Å². The van der Waals surface area contributed by atoms with Gasteiger partial charge in [0.25, 0.3) is 0 Å². The maximum Gasteiger partial charge on any atom is 0.176 e. The average Bonchev–Trinajstić information content (AvgIpc) is 2.79. The number of nitrogen functional groups attached to an aromatic ring is 3. The van der Waals surface area contributed by atoms with Crippen LogP contribution in [0, 0.1) is 0 Å². The van der Waals surface area contributed by atoms with Crippen LogP contribution in [-0.4, -0.2) is 24.6 Å². The third-order valence-corrected chi connectivity index (χ3v) is 5.59. The Morgan fingerprint density at radius 3 is 2.13 bits per heavy atom. The van der Waals surface area contributed by atoms with Gasteiger partial charge < -0.3 is 31.8 Å². The minimum absolute atomic E-state index is 0.0143. The molecule has 1 fully saturated rings. The Kier molecular flexibility index (Phi) is 5.84. The lowest BCUT2D eigenvalue weighted by Crippen LogP contribution is -2.29. The van der Waals surface area contributed by atoms with Crippen LogP contribution in [0.25, 0.3) is 22.3 Å². The second-order valence-electron chi connectivity index (χ2n) is 7.64. The summed E-state index contributed by atoms with van der Waals surface area (Å²) < 4.78 is 11.5. The second-order valence-corrected chi connectivity index (χ2v) is 7.64. The fourth-order valence-corrected chi connectivity index (χ4v) is 3.81. The van der Waals surface area contributed by atoms with Gasteiger partial charge in [0.15, 0.2) is 6.29 Å². The van der Waals surface area contributed by atoms with Crippen LogP contribution >= 0.6 is 0 Å². The van der Waals surface area contributed by atoms with Gasteiger partial charge in [0.05, 0.1) is 24.6 Å². The lowest BCUT2D eigenvalue weighted by Gasteiger charge is -2.28. The van der Waals surface area contributed by atoms with Gasteiger partial charge in [-0.1, -0.05) is 42.5 Å². The van der Waals surface area contributed by atoms with E-state index in [4.69, 9.17) is 26.7 Å².